The molecule has 0 unspecified atom stereocenters. The molecule has 1 fully saturated rings. The Morgan fingerprint density at radius 3 is 2.67 bits per heavy atom. The van der Waals surface area contributed by atoms with Crippen molar-refractivity contribution in [3.63, 3.8) is 0 Å². The van der Waals surface area contributed by atoms with Crippen LogP contribution in [0.25, 0.3) is 10.6 Å². The summed E-state index contributed by atoms with van der Waals surface area (Å²) in [7, 11) is 1.61. The molecule has 1 amide bonds. The average molecular weight is 442 g/mol. The lowest BCUT2D eigenvalue weighted by Gasteiger charge is -2.30. The summed E-state index contributed by atoms with van der Waals surface area (Å²) in [6, 6.07) is 15.3. The van der Waals surface area contributed by atoms with Gasteiger partial charge in [-0.05, 0) is 50.2 Å². The third-order valence-corrected chi connectivity index (χ3v) is 6.54. The number of amides is 1. The molecule has 3 aromatic rings. The van der Waals surface area contributed by atoms with Crippen molar-refractivity contribution >= 4 is 34.5 Å². The third-order valence-electron chi connectivity index (χ3n) is 5.35. The number of likely N-dealkylation sites (tertiary alicyclic amines) is 1. The van der Waals surface area contributed by atoms with E-state index in [-0.39, 0.29) is 11.8 Å². The van der Waals surface area contributed by atoms with Crippen LogP contribution in [-0.2, 0) is 11.3 Å². The van der Waals surface area contributed by atoms with Crippen LogP contribution in [0.3, 0.4) is 0 Å². The van der Waals surface area contributed by atoms with Gasteiger partial charge in [-0.25, -0.2) is 4.98 Å². The zero-order chi connectivity index (χ0) is 20.9. The normalized spacial score (nSPS) is 15.1. The quantitative estimate of drug-likeness (QED) is 0.562. The number of ether oxygens (including phenoxy) is 1. The molecule has 1 aliphatic heterocycles. The van der Waals surface area contributed by atoms with Gasteiger partial charge in [0.2, 0.25) is 5.91 Å². The number of methoxy groups -OCH3 is 1. The fourth-order valence-corrected chi connectivity index (χ4v) is 4.61. The highest BCUT2D eigenvalue weighted by Crippen LogP contribution is 2.28. The van der Waals surface area contributed by atoms with Crippen molar-refractivity contribution in [3.05, 3.63) is 64.6 Å². The first-order valence-electron chi connectivity index (χ1n) is 9.99. The third kappa shape index (κ3) is 5.01. The smallest absolute Gasteiger partial charge is 0.227 e. The van der Waals surface area contributed by atoms with Gasteiger partial charge in [-0.3, -0.25) is 9.69 Å². The van der Waals surface area contributed by atoms with E-state index in [0.29, 0.717) is 5.75 Å². The molecule has 5 nitrogen and oxygen atoms in total. The maximum atomic E-state index is 12.7. The van der Waals surface area contributed by atoms with Gasteiger partial charge < -0.3 is 10.1 Å². The fourth-order valence-electron chi connectivity index (χ4n) is 3.67. The van der Waals surface area contributed by atoms with Gasteiger partial charge in [-0.2, -0.15) is 0 Å². The molecule has 156 valence electrons. The number of nitrogens with one attached hydrogen (secondary N) is 1. The number of carbonyl (C=O) groups excluding carboxylic acids is 1. The van der Waals surface area contributed by atoms with E-state index in [0.717, 1.165) is 59.5 Å². The number of benzene rings is 2. The Kier molecular flexibility index (Phi) is 6.67. The molecule has 0 atom stereocenters. The van der Waals surface area contributed by atoms with Crippen molar-refractivity contribution in [2.45, 2.75) is 19.4 Å². The molecule has 0 bridgehead atoms. The molecule has 1 saturated heterocycles. The van der Waals surface area contributed by atoms with Crippen LogP contribution in [0.15, 0.2) is 53.9 Å². The molecule has 7 heteroatoms. The number of hydrogen-bond acceptors (Lipinski definition) is 5. The molecule has 0 saturated carbocycles. The lowest BCUT2D eigenvalue weighted by molar-refractivity contribution is -0.121. The van der Waals surface area contributed by atoms with Gasteiger partial charge in [0.1, 0.15) is 10.8 Å². The number of rotatable bonds is 6. The molecule has 1 aromatic heterocycles. The Hall–Kier alpha value is -2.41. The maximum absolute atomic E-state index is 12.7. The van der Waals surface area contributed by atoms with E-state index in [2.05, 4.69) is 15.6 Å². The summed E-state index contributed by atoms with van der Waals surface area (Å²) in [5, 5.41) is 6.87. The summed E-state index contributed by atoms with van der Waals surface area (Å²) < 4.78 is 5.32. The number of nitrogens with zero attached hydrogens (tertiary/aromatic N) is 2. The van der Waals surface area contributed by atoms with Crippen LogP contribution in [0.2, 0.25) is 5.02 Å². The summed E-state index contributed by atoms with van der Waals surface area (Å²) in [4.78, 5) is 19.8. The SMILES string of the molecule is COc1ccccc1NC(=O)C1CCN(Cc2csc(-c3ccc(Cl)cc3)n2)CC1. The molecule has 30 heavy (non-hydrogen) atoms. The van der Waals surface area contributed by atoms with E-state index in [1.165, 1.54) is 0 Å². The summed E-state index contributed by atoms with van der Waals surface area (Å²) in [6.45, 7) is 2.58. The second-order valence-corrected chi connectivity index (χ2v) is 8.69. The number of aromatic nitrogens is 1. The molecular formula is C23H24ClN3O2S. The van der Waals surface area contributed by atoms with E-state index in [9.17, 15) is 4.79 Å². The second-order valence-electron chi connectivity index (χ2n) is 7.39. The lowest BCUT2D eigenvalue weighted by Crippen LogP contribution is -2.37. The van der Waals surface area contributed by atoms with Crippen LogP contribution in [-0.4, -0.2) is 36.0 Å². The first kappa shape index (κ1) is 20.8. The molecule has 1 aliphatic rings. The van der Waals surface area contributed by atoms with E-state index < -0.39 is 0 Å². The minimum atomic E-state index is 0.0197. The van der Waals surface area contributed by atoms with Gasteiger partial charge in [-0.1, -0.05) is 35.9 Å². The molecule has 2 aromatic carbocycles. The highest BCUT2D eigenvalue weighted by atomic mass is 35.5. The molecular weight excluding hydrogens is 418 g/mol. The second kappa shape index (κ2) is 9.60. The predicted octanol–water partition coefficient (Wildman–Crippen LogP) is 5.32. The van der Waals surface area contributed by atoms with Crippen LogP contribution in [0, 0.1) is 5.92 Å². The number of hydrogen-bond donors (Lipinski definition) is 1. The van der Waals surface area contributed by atoms with E-state index in [1.54, 1.807) is 18.4 Å². The number of anilines is 1. The number of halogens is 1. The monoisotopic (exact) mass is 441 g/mol. The van der Waals surface area contributed by atoms with Crippen molar-refractivity contribution in [3.8, 4) is 16.3 Å². The Bertz CT molecular complexity index is 998. The Labute approximate surface area is 185 Å². The first-order valence-corrected chi connectivity index (χ1v) is 11.2. The van der Waals surface area contributed by atoms with E-state index in [1.807, 2.05) is 48.5 Å². The van der Waals surface area contributed by atoms with Gasteiger partial charge >= 0.3 is 0 Å². The average Bonchev–Trinajstić information content (AvgIpc) is 3.23. The maximum Gasteiger partial charge on any atom is 0.227 e. The molecule has 0 spiro atoms. The van der Waals surface area contributed by atoms with Crippen LogP contribution in [0.1, 0.15) is 18.5 Å². The van der Waals surface area contributed by atoms with Crippen LogP contribution in [0.4, 0.5) is 5.69 Å². The number of piperidine rings is 1. The number of para-hydroxylation sites is 2. The molecule has 0 aliphatic carbocycles. The van der Waals surface area contributed by atoms with Crippen LogP contribution < -0.4 is 10.1 Å². The van der Waals surface area contributed by atoms with Crippen LogP contribution in [0.5, 0.6) is 5.75 Å². The van der Waals surface area contributed by atoms with Gasteiger partial charge in [-0.15, -0.1) is 11.3 Å². The Morgan fingerprint density at radius 1 is 1.20 bits per heavy atom. The van der Waals surface area contributed by atoms with Crippen molar-refractivity contribution in [1.29, 1.82) is 0 Å². The number of thiazole rings is 1. The zero-order valence-corrected chi connectivity index (χ0v) is 18.4. The van der Waals surface area contributed by atoms with Gasteiger partial charge in [0.25, 0.3) is 0 Å². The highest BCUT2D eigenvalue weighted by molar-refractivity contribution is 7.13. The first-order chi connectivity index (χ1) is 14.6. The Balaban J connectivity index is 1.29. The molecule has 0 radical (unpaired) electrons. The minimum Gasteiger partial charge on any atom is -0.495 e. The van der Waals surface area contributed by atoms with E-state index in [4.69, 9.17) is 21.3 Å². The lowest BCUT2D eigenvalue weighted by atomic mass is 9.95. The predicted molar refractivity (Wildman–Crippen MR) is 122 cm³/mol. The highest BCUT2D eigenvalue weighted by Gasteiger charge is 2.26. The summed E-state index contributed by atoms with van der Waals surface area (Å²) in [6.07, 6.45) is 1.68. The van der Waals surface area contributed by atoms with Gasteiger partial charge in [0.15, 0.2) is 0 Å². The summed E-state index contributed by atoms with van der Waals surface area (Å²) in [5.74, 6) is 0.771. The zero-order valence-electron chi connectivity index (χ0n) is 16.8. The van der Waals surface area contributed by atoms with Gasteiger partial charge in [0.05, 0.1) is 18.5 Å². The van der Waals surface area contributed by atoms with Gasteiger partial charge in [0, 0.05) is 28.4 Å². The standard InChI is InChI=1S/C23H24ClN3O2S/c1-29-21-5-3-2-4-20(21)26-22(28)16-10-12-27(13-11-16)14-19-15-30-23(25-19)17-6-8-18(24)9-7-17/h2-9,15-16H,10-14H2,1H3,(H,26,28). The Morgan fingerprint density at radius 2 is 1.93 bits per heavy atom. The summed E-state index contributed by atoms with van der Waals surface area (Å²) >= 11 is 7.62. The van der Waals surface area contributed by atoms with Crippen molar-refractivity contribution in [2.75, 3.05) is 25.5 Å². The van der Waals surface area contributed by atoms with Crippen molar-refractivity contribution < 1.29 is 9.53 Å². The molecule has 4 rings (SSSR count). The number of carbonyl (C=O) groups is 1. The van der Waals surface area contributed by atoms with Crippen molar-refractivity contribution in [1.82, 2.24) is 9.88 Å². The van der Waals surface area contributed by atoms with Crippen molar-refractivity contribution in [2.24, 2.45) is 5.92 Å². The topological polar surface area (TPSA) is 54.5 Å². The minimum absolute atomic E-state index is 0.0197. The molecule has 1 N–H and O–H groups in total. The fraction of sp³-hybridized carbons (Fsp3) is 0.304. The molecule has 2 heterocycles. The summed E-state index contributed by atoms with van der Waals surface area (Å²) in [5.41, 5.74) is 2.88. The van der Waals surface area contributed by atoms with Crippen LogP contribution >= 0.6 is 22.9 Å². The van der Waals surface area contributed by atoms with E-state index >= 15 is 0 Å². The largest absolute Gasteiger partial charge is 0.495 e.